The van der Waals surface area contributed by atoms with E-state index in [1.54, 1.807) is 0 Å². The van der Waals surface area contributed by atoms with Crippen LogP contribution in [-0.2, 0) is 9.84 Å². The van der Waals surface area contributed by atoms with E-state index in [1.807, 2.05) is 0 Å². The van der Waals surface area contributed by atoms with Crippen LogP contribution in [0.1, 0.15) is 12.0 Å². The number of hydrogen-bond donors (Lipinski definition) is 1. The summed E-state index contributed by atoms with van der Waals surface area (Å²) in [6.07, 6.45) is 1.56. The minimum atomic E-state index is -3.42. The maximum absolute atomic E-state index is 13.5. The van der Waals surface area contributed by atoms with Crippen LogP contribution >= 0.6 is 23.2 Å². The van der Waals surface area contributed by atoms with E-state index in [0.29, 0.717) is 10.7 Å². The summed E-state index contributed by atoms with van der Waals surface area (Å²) in [5.74, 6) is -0.348. The van der Waals surface area contributed by atoms with Gasteiger partial charge < -0.3 is 0 Å². The van der Waals surface area contributed by atoms with Crippen molar-refractivity contribution in [3.8, 4) is 0 Å². The first-order chi connectivity index (χ1) is 10.9. The second kappa shape index (κ2) is 6.07. The van der Waals surface area contributed by atoms with E-state index >= 15 is 0 Å². The number of aromatic nitrogens is 1. The topological polar surface area (TPSA) is 71.4 Å². The molecule has 120 valence electrons. The minimum absolute atomic E-state index is 0.0702. The first-order valence-electron chi connectivity index (χ1n) is 6.53. The molecule has 2 aromatic rings. The maximum Gasteiger partial charge on any atom is 0.179 e. The zero-order chi connectivity index (χ0) is 16.6. The number of nitrogens with one attached hydrogen (secondary N) is 1. The third-order valence-electron chi connectivity index (χ3n) is 3.30. The summed E-state index contributed by atoms with van der Waals surface area (Å²) in [5.41, 5.74) is 3.33. The summed E-state index contributed by atoms with van der Waals surface area (Å²) in [7, 11) is -3.42. The van der Waals surface area contributed by atoms with E-state index in [2.05, 4.69) is 15.5 Å². The Labute approximate surface area is 142 Å². The van der Waals surface area contributed by atoms with Crippen molar-refractivity contribution in [1.82, 2.24) is 4.98 Å². The van der Waals surface area contributed by atoms with Crippen LogP contribution in [0, 0.1) is 5.82 Å². The average molecular weight is 374 g/mol. The quantitative estimate of drug-likeness (QED) is 0.645. The number of hydrazone groups is 1. The van der Waals surface area contributed by atoms with Gasteiger partial charge in [0, 0.05) is 18.2 Å². The predicted octanol–water partition coefficient (Wildman–Crippen LogP) is 3.52. The number of nitrogens with zero attached hydrogens (tertiary/aromatic N) is 2. The molecule has 9 heteroatoms. The van der Waals surface area contributed by atoms with Crippen LogP contribution in [0.4, 0.5) is 10.2 Å². The summed E-state index contributed by atoms with van der Waals surface area (Å²) in [6, 6.07) is 5.02. The Balaban J connectivity index is 1.99. The Morgan fingerprint density at radius 1 is 1.26 bits per heavy atom. The van der Waals surface area contributed by atoms with Gasteiger partial charge in [0.25, 0.3) is 0 Å². The molecule has 0 radical (unpaired) electrons. The lowest BCUT2D eigenvalue weighted by molar-refractivity contribution is 0.593. The normalized spacial score (nSPS) is 17.8. The SMILES string of the molecule is O=S1(=O)CC/C(=N/Nc2ncc(Cl)cc2Cl)c2cc(F)ccc21. The molecule has 0 unspecified atom stereocenters. The molecule has 0 atom stereocenters. The van der Waals surface area contributed by atoms with Crippen LogP contribution in [0.25, 0.3) is 0 Å². The molecule has 0 aliphatic carbocycles. The largest absolute Gasteiger partial charge is 0.260 e. The number of rotatable bonds is 2. The third kappa shape index (κ3) is 3.31. The van der Waals surface area contributed by atoms with Crippen molar-refractivity contribution in [2.24, 2.45) is 5.10 Å². The Bertz CT molecular complexity index is 916. The van der Waals surface area contributed by atoms with Gasteiger partial charge in [0.15, 0.2) is 15.7 Å². The summed E-state index contributed by atoms with van der Waals surface area (Å²) in [6.45, 7) is 0. The predicted molar refractivity (Wildman–Crippen MR) is 87.5 cm³/mol. The van der Waals surface area contributed by atoms with Crippen molar-refractivity contribution in [3.05, 3.63) is 51.9 Å². The molecular formula is C14H10Cl2FN3O2S. The van der Waals surface area contributed by atoms with Gasteiger partial charge >= 0.3 is 0 Å². The van der Waals surface area contributed by atoms with Gasteiger partial charge in [-0.3, -0.25) is 5.43 Å². The Kier molecular flexibility index (Phi) is 4.27. The summed E-state index contributed by atoms with van der Waals surface area (Å²) < 4.78 is 37.6. The van der Waals surface area contributed by atoms with Gasteiger partial charge in [-0.15, -0.1) is 0 Å². The fourth-order valence-corrected chi connectivity index (χ4v) is 4.10. The first-order valence-corrected chi connectivity index (χ1v) is 8.94. The molecule has 3 rings (SSSR count). The van der Waals surface area contributed by atoms with Gasteiger partial charge in [-0.1, -0.05) is 23.2 Å². The van der Waals surface area contributed by atoms with Crippen LogP contribution in [-0.4, -0.2) is 24.9 Å². The zero-order valence-corrected chi connectivity index (χ0v) is 13.9. The number of sulfone groups is 1. The standard InChI is InChI=1S/C14H10Cl2FN3O2S/c15-8-5-11(16)14(18-7-8)20-19-12-3-4-23(21,22)13-2-1-9(17)6-10(12)13/h1-2,5-7H,3-4H2,(H,18,20)/b19-12-. The van der Waals surface area contributed by atoms with Crippen molar-refractivity contribution < 1.29 is 12.8 Å². The summed E-state index contributed by atoms with van der Waals surface area (Å²) in [4.78, 5) is 4.06. The van der Waals surface area contributed by atoms with Crippen LogP contribution < -0.4 is 5.43 Å². The molecule has 0 bridgehead atoms. The van der Waals surface area contributed by atoms with Gasteiger partial charge in [-0.05, 0) is 24.3 Å². The average Bonchev–Trinajstić information content (AvgIpc) is 2.48. The summed E-state index contributed by atoms with van der Waals surface area (Å²) in [5, 5.41) is 4.78. The highest BCUT2D eigenvalue weighted by molar-refractivity contribution is 7.91. The third-order valence-corrected chi connectivity index (χ3v) is 5.56. The van der Waals surface area contributed by atoms with Gasteiger partial charge in [0.05, 0.1) is 26.4 Å². The van der Waals surface area contributed by atoms with E-state index in [9.17, 15) is 12.8 Å². The maximum atomic E-state index is 13.5. The fourth-order valence-electron chi connectivity index (χ4n) is 2.21. The molecule has 1 aliphatic heterocycles. The molecule has 0 saturated carbocycles. The van der Waals surface area contributed by atoms with Crippen molar-refractivity contribution in [2.75, 3.05) is 11.2 Å². The fraction of sp³-hybridized carbons (Fsp3) is 0.143. The Hall–Kier alpha value is -1.70. The Morgan fingerprint density at radius 3 is 2.78 bits per heavy atom. The van der Waals surface area contributed by atoms with Crippen LogP contribution in [0.2, 0.25) is 10.0 Å². The second-order valence-corrected chi connectivity index (χ2v) is 7.78. The number of fused-ring (bicyclic) bond motifs is 1. The van der Waals surface area contributed by atoms with E-state index < -0.39 is 15.7 Å². The molecule has 0 saturated heterocycles. The molecule has 1 aliphatic rings. The molecule has 0 fully saturated rings. The van der Waals surface area contributed by atoms with Crippen molar-refractivity contribution in [1.29, 1.82) is 0 Å². The molecule has 0 amide bonds. The van der Waals surface area contributed by atoms with Crippen molar-refractivity contribution >= 4 is 44.6 Å². The van der Waals surface area contributed by atoms with Crippen LogP contribution in [0.3, 0.4) is 0 Å². The highest BCUT2D eigenvalue weighted by Gasteiger charge is 2.28. The number of halogens is 3. The molecular weight excluding hydrogens is 364 g/mol. The molecule has 5 nitrogen and oxygen atoms in total. The lowest BCUT2D eigenvalue weighted by atomic mass is 10.1. The minimum Gasteiger partial charge on any atom is -0.260 e. The number of anilines is 1. The van der Waals surface area contributed by atoms with Crippen molar-refractivity contribution in [3.63, 3.8) is 0 Å². The van der Waals surface area contributed by atoms with Gasteiger partial charge in [-0.25, -0.2) is 17.8 Å². The molecule has 1 aromatic heterocycles. The molecule has 1 aromatic carbocycles. The van der Waals surface area contributed by atoms with Crippen molar-refractivity contribution in [2.45, 2.75) is 11.3 Å². The zero-order valence-electron chi connectivity index (χ0n) is 11.6. The molecule has 1 N–H and O–H groups in total. The smallest absolute Gasteiger partial charge is 0.179 e. The van der Waals surface area contributed by atoms with Gasteiger partial charge in [0.1, 0.15) is 5.82 Å². The van der Waals surface area contributed by atoms with E-state index in [-0.39, 0.29) is 33.5 Å². The van der Waals surface area contributed by atoms with Crippen LogP contribution in [0.5, 0.6) is 0 Å². The lowest BCUT2D eigenvalue weighted by Crippen LogP contribution is -2.23. The van der Waals surface area contributed by atoms with E-state index in [4.69, 9.17) is 23.2 Å². The first kappa shape index (κ1) is 16.2. The molecule has 0 spiro atoms. The van der Waals surface area contributed by atoms with E-state index in [0.717, 1.165) is 12.1 Å². The van der Waals surface area contributed by atoms with Crippen LogP contribution in [0.15, 0.2) is 40.5 Å². The molecule has 2 heterocycles. The molecule has 23 heavy (non-hydrogen) atoms. The highest BCUT2D eigenvalue weighted by Crippen LogP contribution is 2.27. The summed E-state index contributed by atoms with van der Waals surface area (Å²) >= 11 is 11.7. The van der Waals surface area contributed by atoms with Gasteiger partial charge in [-0.2, -0.15) is 5.10 Å². The number of pyridine rings is 1. The van der Waals surface area contributed by atoms with E-state index in [1.165, 1.54) is 18.3 Å². The monoisotopic (exact) mass is 373 g/mol. The second-order valence-electron chi connectivity index (χ2n) is 4.86. The number of hydrogen-bond acceptors (Lipinski definition) is 5. The Morgan fingerprint density at radius 2 is 2.04 bits per heavy atom. The van der Waals surface area contributed by atoms with Gasteiger partial charge in [0.2, 0.25) is 0 Å². The lowest BCUT2D eigenvalue weighted by Gasteiger charge is -2.18. The number of benzene rings is 1. The highest BCUT2D eigenvalue weighted by atomic mass is 35.5.